The summed E-state index contributed by atoms with van der Waals surface area (Å²) >= 11 is 6.01. The van der Waals surface area contributed by atoms with Gasteiger partial charge in [0.1, 0.15) is 6.04 Å². The Bertz CT molecular complexity index is 477. The maximum atomic E-state index is 12.1. The van der Waals surface area contributed by atoms with Gasteiger partial charge in [-0.05, 0) is 24.0 Å². The Morgan fingerprint density at radius 2 is 1.95 bits per heavy atom. The number of nitrogens with two attached hydrogens (primary N) is 1. The molecule has 0 aliphatic carbocycles. The lowest BCUT2D eigenvalue weighted by Crippen LogP contribution is -2.49. The Morgan fingerprint density at radius 1 is 1.30 bits per heavy atom. The smallest absolute Gasteiger partial charge is 0.312 e. The second kappa shape index (κ2) is 7.75. The van der Waals surface area contributed by atoms with Crippen LogP contribution in [-0.4, -0.2) is 18.0 Å². The highest BCUT2D eigenvalue weighted by Gasteiger charge is 2.20. The molecular formula is C14H20ClN3O2. The van der Waals surface area contributed by atoms with Crippen molar-refractivity contribution in [1.82, 2.24) is 10.6 Å². The molecule has 0 saturated carbocycles. The highest BCUT2D eigenvalue weighted by Crippen LogP contribution is 2.14. The van der Waals surface area contributed by atoms with E-state index >= 15 is 0 Å². The first kappa shape index (κ1) is 16.3. The first-order chi connectivity index (χ1) is 9.40. The molecule has 0 aromatic heterocycles. The van der Waals surface area contributed by atoms with Crippen molar-refractivity contribution >= 4 is 23.5 Å². The standard InChI is InChI=1S/C14H20ClN3O2/c1-9(2)7-12(18-14(16)20)13(19)17-8-10-5-3-4-6-11(10)15/h3-6,9,12H,7-8H2,1-2H3,(H,17,19)(H3,16,18,20)/t12-/m0/s1. The van der Waals surface area contributed by atoms with Crippen LogP contribution in [0.2, 0.25) is 5.02 Å². The van der Waals surface area contributed by atoms with Gasteiger partial charge in [0, 0.05) is 11.6 Å². The van der Waals surface area contributed by atoms with Crippen LogP contribution in [0.5, 0.6) is 0 Å². The Hall–Kier alpha value is -1.75. The molecule has 20 heavy (non-hydrogen) atoms. The maximum absolute atomic E-state index is 12.1. The second-order valence-corrected chi connectivity index (χ2v) is 5.41. The lowest BCUT2D eigenvalue weighted by Gasteiger charge is -2.19. The van der Waals surface area contributed by atoms with Gasteiger partial charge in [0.2, 0.25) is 5.91 Å². The number of halogens is 1. The summed E-state index contributed by atoms with van der Waals surface area (Å²) in [4.78, 5) is 23.0. The highest BCUT2D eigenvalue weighted by molar-refractivity contribution is 6.31. The van der Waals surface area contributed by atoms with E-state index in [1.807, 2.05) is 32.0 Å². The van der Waals surface area contributed by atoms with E-state index in [9.17, 15) is 9.59 Å². The third kappa shape index (κ3) is 5.48. The van der Waals surface area contributed by atoms with Gasteiger partial charge in [-0.1, -0.05) is 43.6 Å². The third-order valence-corrected chi connectivity index (χ3v) is 3.12. The minimum atomic E-state index is -0.705. The average molecular weight is 298 g/mol. The SMILES string of the molecule is CC(C)C[C@H](NC(N)=O)C(=O)NCc1ccccc1Cl. The first-order valence-corrected chi connectivity index (χ1v) is 6.85. The topological polar surface area (TPSA) is 84.2 Å². The number of hydrogen-bond acceptors (Lipinski definition) is 2. The van der Waals surface area contributed by atoms with Gasteiger partial charge in [-0.3, -0.25) is 4.79 Å². The molecule has 1 aromatic rings. The van der Waals surface area contributed by atoms with Gasteiger partial charge in [-0.25, -0.2) is 4.79 Å². The van der Waals surface area contributed by atoms with E-state index in [2.05, 4.69) is 10.6 Å². The summed E-state index contributed by atoms with van der Waals surface area (Å²) < 4.78 is 0. The molecule has 110 valence electrons. The summed E-state index contributed by atoms with van der Waals surface area (Å²) in [6, 6.07) is 5.93. The van der Waals surface area contributed by atoms with E-state index in [0.29, 0.717) is 18.0 Å². The molecule has 0 fully saturated rings. The molecule has 0 spiro atoms. The number of primary amides is 1. The van der Waals surface area contributed by atoms with Crippen LogP contribution in [0.3, 0.4) is 0 Å². The van der Waals surface area contributed by atoms with Crippen LogP contribution in [0.1, 0.15) is 25.8 Å². The molecular weight excluding hydrogens is 278 g/mol. The van der Waals surface area contributed by atoms with E-state index in [-0.39, 0.29) is 11.8 Å². The summed E-state index contributed by atoms with van der Waals surface area (Å²) in [5.41, 5.74) is 5.91. The van der Waals surface area contributed by atoms with E-state index in [1.165, 1.54) is 0 Å². The summed E-state index contributed by atoms with van der Waals surface area (Å²) in [5, 5.41) is 5.81. The lowest BCUT2D eigenvalue weighted by molar-refractivity contribution is -0.123. The van der Waals surface area contributed by atoms with Crippen LogP contribution in [0.25, 0.3) is 0 Å². The van der Waals surface area contributed by atoms with Crippen LogP contribution in [-0.2, 0) is 11.3 Å². The number of benzene rings is 1. The molecule has 1 rings (SSSR count). The number of urea groups is 1. The minimum absolute atomic E-state index is 0.262. The Kier molecular flexibility index (Phi) is 6.31. The number of carbonyl (C=O) groups is 2. The van der Waals surface area contributed by atoms with E-state index in [1.54, 1.807) is 6.07 Å². The van der Waals surface area contributed by atoms with Crippen molar-refractivity contribution < 1.29 is 9.59 Å². The average Bonchev–Trinajstić information content (AvgIpc) is 2.35. The normalized spacial score (nSPS) is 12.0. The molecule has 4 N–H and O–H groups in total. The molecule has 1 aromatic carbocycles. The van der Waals surface area contributed by atoms with E-state index in [0.717, 1.165) is 5.56 Å². The largest absolute Gasteiger partial charge is 0.352 e. The van der Waals surface area contributed by atoms with E-state index in [4.69, 9.17) is 17.3 Å². The molecule has 0 unspecified atom stereocenters. The zero-order valence-corrected chi connectivity index (χ0v) is 12.4. The monoisotopic (exact) mass is 297 g/mol. The molecule has 0 heterocycles. The Balaban J connectivity index is 2.62. The van der Waals surface area contributed by atoms with Crippen molar-refractivity contribution in [3.63, 3.8) is 0 Å². The molecule has 5 nitrogen and oxygen atoms in total. The number of rotatable bonds is 6. The van der Waals surface area contributed by atoms with Crippen molar-refractivity contribution in [2.45, 2.75) is 32.9 Å². The summed E-state index contributed by atoms with van der Waals surface area (Å²) in [6.07, 6.45) is 0.525. The van der Waals surface area contributed by atoms with Crippen LogP contribution < -0.4 is 16.4 Å². The zero-order valence-electron chi connectivity index (χ0n) is 11.7. The molecule has 6 heteroatoms. The maximum Gasteiger partial charge on any atom is 0.312 e. The van der Waals surface area contributed by atoms with Crippen molar-refractivity contribution in [3.05, 3.63) is 34.9 Å². The number of carbonyl (C=O) groups excluding carboxylic acids is 2. The zero-order chi connectivity index (χ0) is 15.1. The van der Waals surface area contributed by atoms with Gasteiger partial charge in [-0.2, -0.15) is 0 Å². The lowest BCUT2D eigenvalue weighted by atomic mass is 10.0. The quantitative estimate of drug-likeness (QED) is 0.750. The highest BCUT2D eigenvalue weighted by atomic mass is 35.5. The number of hydrogen-bond donors (Lipinski definition) is 3. The van der Waals surface area contributed by atoms with Gasteiger partial charge >= 0.3 is 6.03 Å². The van der Waals surface area contributed by atoms with Crippen LogP contribution >= 0.6 is 11.6 Å². The Labute approximate surface area is 123 Å². The first-order valence-electron chi connectivity index (χ1n) is 6.47. The van der Waals surface area contributed by atoms with Crippen molar-refractivity contribution in [3.8, 4) is 0 Å². The van der Waals surface area contributed by atoms with Crippen LogP contribution in [0.15, 0.2) is 24.3 Å². The van der Waals surface area contributed by atoms with Crippen molar-refractivity contribution in [1.29, 1.82) is 0 Å². The molecule has 0 aliphatic heterocycles. The van der Waals surface area contributed by atoms with Crippen LogP contribution in [0, 0.1) is 5.92 Å². The third-order valence-electron chi connectivity index (χ3n) is 2.75. The van der Waals surface area contributed by atoms with E-state index < -0.39 is 12.1 Å². The molecule has 3 amide bonds. The predicted octanol–water partition coefficient (Wildman–Crippen LogP) is 2.04. The summed E-state index contributed by atoms with van der Waals surface area (Å²) in [5.74, 6) is -0.00432. The number of amides is 3. The molecule has 0 radical (unpaired) electrons. The Morgan fingerprint density at radius 3 is 2.50 bits per heavy atom. The summed E-state index contributed by atoms with van der Waals surface area (Å²) in [7, 11) is 0. The fourth-order valence-corrected chi connectivity index (χ4v) is 2.02. The van der Waals surface area contributed by atoms with Crippen LogP contribution in [0.4, 0.5) is 4.79 Å². The van der Waals surface area contributed by atoms with Gasteiger partial charge in [0.15, 0.2) is 0 Å². The molecule has 0 bridgehead atoms. The van der Waals surface area contributed by atoms with Gasteiger partial charge in [0.05, 0.1) is 0 Å². The molecule has 0 aliphatic rings. The number of nitrogens with one attached hydrogen (secondary N) is 2. The summed E-state index contributed by atoms with van der Waals surface area (Å²) in [6.45, 7) is 4.25. The van der Waals surface area contributed by atoms with Gasteiger partial charge in [0.25, 0.3) is 0 Å². The van der Waals surface area contributed by atoms with Crippen molar-refractivity contribution in [2.24, 2.45) is 11.7 Å². The van der Waals surface area contributed by atoms with Gasteiger partial charge < -0.3 is 16.4 Å². The molecule has 1 atom stereocenters. The van der Waals surface area contributed by atoms with Crippen molar-refractivity contribution in [2.75, 3.05) is 0 Å². The second-order valence-electron chi connectivity index (χ2n) is 5.00. The fourth-order valence-electron chi connectivity index (χ4n) is 1.82. The predicted molar refractivity (Wildman–Crippen MR) is 79.3 cm³/mol. The van der Waals surface area contributed by atoms with Gasteiger partial charge in [-0.15, -0.1) is 0 Å². The minimum Gasteiger partial charge on any atom is -0.352 e. The fraction of sp³-hybridized carbons (Fsp3) is 0.429. The molecule has 0 saturated heterocycles.